The van der Waals surface area contributed by atoms with Gasteiger partial charge in [0.25, 0.3) is 5.56 Å². The summed E-state index contributed by atoms with van der Waals surface area (Å²) in [5.41, 5.74) is 2.32. The molecule has 2 aromatic heterocycles. The van der Waals surface area contributed by atoms with Gasteiger partial charge in [0, 0.05) is 5.56 Å². The Morgan fingerprint density at radius 2 is 1.93 bits per heavy atom. The van der Waals surface area contributed by atoms with E-state index in [2.05, 4.69) is 46.2 Å². The standard InChI is InChI=1S/C20H26N6O/c1-13-8-7-9-14-12-15(19(27)21-16(13)14)17(25-10-5-6-11-25)18-22-23-24-26(18)20(2,3)4/h7-9,12,17H,5-6,10-11H2,1-4H3,(H,21,27)/t17-/m1/s1. The van der Waals surface area contributed by atoms with Crippen LogP contribution in [0.25, 0.3) is 10.9 Å². The van der Waals surface area contributed by atoms with E-state index in [1.54, 1.807) is 0 Å². The van der Waals surface area contributed by atoms with Gasteiger partial charge in [0.2, 0.25) is 0 Å². The van der Waals surface area contributed by atoms with Crippen LogP contribution in [-0.4, -0.2) is 43.2 Å². The number of aromatic nitrogens is 5. The third-order valence-corrected chi connectivity index (χ3v) is 5.29. The highest BCUT2D eigenvalue weighted by atomic mass is 16.1. The number of rotatable bonds is 3. The number of hydrogen-bond donors (Lipinski definition) is 1. The van der Waals surface area contributed by atoms with E-state index in [4.69, 9.17) is 0 Å². The second-order valence-corrected chi connectivity index (χ2v) is 8.36. The summed E-state index contributed by atoms with van der Waals surface area (Å²) in [6.07, 6.45) is 2.25. The van der Waals surface area contributed by atoms with Crippen LogP contribution in [0.15, 0.2) is 29.1 Å². The van der Waals surface area contributed by atoms with Crippen LogP contribution in [0.5, 0.6) is 0 Å². The summed E-state index contributed by atoms with van der Waals surface area (Å²) < 4.78 is 1.84. The van der Waals surface area contributed by atoms with E-state index in [9.17, 15) is 4.79 Å². The van der Waals surface area contributed by atoms with Gasteiger partial charge >= 0.3 is 0 Å². The number of H-pyrrole nitrogens is 1. The minimum absolute atomic E-state index is 0.0721. The highest BCUT2D eigenvalue weighted by molar-refractivity contribution is 5.82. The number of tetrazole rings is 1. The predicted octanol–water partition coefficient (Wildman–Crippen LogP) is 2.76. The first-order valence-electron chi connectivity index (χ1n) is 9.51. The molecule has 1 fully saturated rings. The molecule has 0 amide bonds. The highest BCUT2D eigenvalue weighted by Gasteiger charge is 2.34. The first-order chi connectivity index (χ1) is 12.9. The monoisotopic (exact) mass is 366 g/mol. The number of nitrogens with one attached hydrogen (secondary N) is 1. The molecule has 27 heavy (non-hydrogen) atoms. The molecule has 3 heterocycles. The number of benzene rings is 1. The largest absolute Gasteiger partial charge is 0.321 e. The summed E-state index contributed by atoms with van der Waals surface area (Å²) in [4.78, 5) is 18.5. The Kier molecular flexibility index (Phi) is 4.34. The van der Waals surface area contributed by atoms with Crippen LogP contribution in [0.4, 0.5) is 0 Å². The van der Waals surface area contributed by atoms with Crippen molar-refractivity contribution < 1.29 is 0 Å². The van der Waals surface area contributed by atoms with Crippen molar-refractivity contribution in [1.29, 1.82) is 0 Å². The molecule has 4 rings (SSSR count). The second-order valence-electron chi connectivity index (χ2n) is 8.36. The van der Waals surface area contributed by atoms with Gasteiger partial charge in [-0.1, -0.05) is 18.2 Å². The molecule has 3 aromatic rings. The normalized spacial score (nSPS) is 16.9. The van der Waals surface area contributed by atoms with Gasteiger partial charge in [0.1, 0.15) is 6.04 Å². The molecule has 7 nitrogen and oxygen atoms in total. The molecule has 1 aliphatic heterocycles. The van der Waals surface area contributed by atoms with Gasteiger partial charge in [-0.2, -0.15) is 0 Å². The lowest BCUT2D eigenvalue weighted by atomic mass is 10.0. The third kappa shape index (κ3) is 3.16. The van der Waals surface area contributed by atoms with E-state index in [0.29, 0.717) is 5.56 Å². The van der Waals surface area contributed by atoms with E-state index in [0.717, 1.165) is 48.2 Å². The fourth-order valence-corrected chi connectivity index (χ4v) is 3.94. The average molecular weight is 366 g/mol. The van der Waals surface area contributed by atoms with E-state index >= 15 is 0 Å². The molecule has 0 radical (unpaired) electrons. The van der Waals surface area contributed by atoms with E-state index in [1.165, 1.54) is 0 Å². The van der Waals surface area contributed by atoms with Crippen molar-refractivity contribution in [3.8, 4) is 0 Å². The zero-order valence-corrected chi connectivity index (χ0v) is 16.4. The number of nitrogens with zero attached hydrogens (tertiary/aromatic N) is 5. The summed E-state index contributed by atoms with van der Waals surface area (Å²) in [7, 11) is 0. The molecule has 0 unspecified atom stereocenters. The molecule has 0 bridgehead atoms. The molecule has 7 heteroatoms. The van der Waals surface area contributed by atoms with E-state index < -0.39 is 0 Å². The Hall–Kier alpha value is -2.54. The van der Waals surface area contributed by atoms with E-state index in [-0.39, 0.29) is 17.1 Å². The van der Waals surface area contributed by atoms with Crippen LogP contribution < -0.4 is 5.56 Å². The summed E-state index contributed by atoms with van der Waals surface area (Å²) in [6.45, 7) is 10.1. The number of likely N-dealkylation sites (tertiary alicyclic amines) is 1. The lowest BCUT2D eigenvalue weighted by Gasteiger charge is -2.29. The van der Waals surface area contributed by atoms with Crippen LogP contribution in [-0.2, 0) is 5.54 Å². The summed E-state index contributed by atoms with van der Waals surface area (Å²) in [6, 6.07) is 7.82. The van der Waals surface area contributed by atoms with Gasteiger partial charge in [0.05, 0.1) is 11.1 Å². The van der Waals surface area contributed by atoms with Crippen LogP contribution in [0, 0.1) is 6.92 Å². The summed E-state index contributed by atoms with van der Waals surface area (Å²) >= 11 is 0. The van der Waals surface area contributed by atoms with Crippen LogP contribution in [0.1, 0.15) is 56.6 Å². The zero-order chi connectivity index (χ0) is 19.2. The molecule has 1 aliphatic rings. The Bertz CT molecular complexity index is 1020. The highest BCUT2D eigenvalue weighted by Crippen LogP contribution is 2.31. The third-order valence-electron chi connectivity index (χ3n) is 5.29. The minimum atomic E-state index is -0.267. The minimum Gasteiger partial charge on any atom is -0.321 e. The van der Waals surface area contributed by atoms with Crippen LogP contribution in [0.2, 0.25) is 0 Å². The number of pyridine rings is 1. The van der Waals surface area contributed by atoms with Gasteiger partial charge in [0.15, 0.2) is 5.82 Å². The van der Waals surface area contributed by atoms with Gasteiger partial charge in [-0.15, -0.1) is 5.10 Å². The number of para-hydroxylation sites is 1. The SMILES string of the molecule is Cc1cccc2cc([C@H](c3nnnn3C(C)(C)C)N3CCCC3)c(=O)[nH]c12. The molecule has 142 valence electrons. The number of hydrogen-bond acceptors (Lipinski definition) is 5. The fourth-order valence-electron chi connectivity index (χ4n) is 3.94. The van der Waals surface area contributed by atoms with Crippen molar-refractivity contribution in [2.45, 2.75) is 52.1 Å². The molecule has 1 atom stereocenters. The van der Waals surface area contributed by atoms with Crippen molar-refractivity contribution in [3.05, 3.63) is 51.6 Å². The lowest BCUT2D eigenvalue weighted by molar-refractivity contribution is 0.241. The van der Waals surface area contributed by atoms with Crippen LogP contribution >= 0.6 is 0 Å². The predicted molar refractivity (Wildman–Crippen MR) is 105 cm³/mol. The molecule has 1 N–H and O–H groups in total. The van der Waals surface area contributed by atoms with Crippen molar-refractivity contribution >= 4 is 10.9 Å². The van der Waals surface area contributed by atoms with Gasteiger partial charge in [-0.3, -0.25) is 9.69 Å². The quantitative estimate of drug-likeness (QED) is 0.771. The maximum atomic E-state index is 13.1. The maximum absolute atomic E-state index is 13.1. The van der Waals surface area contributed by atoms with Gasteiger partial charge in [-0.25, -0.2) is 4.68 Å². The molecule has 0 aliphatic carbocycles. The summed E-state index contributed by atoms with van der Waals surface area (Å²) in [5.74, 6) is 0.724. The smallest absolute Gasteiger partial charge is 0.253 e. The van der Waals surface area contributed by atoms with Crippen LogP contribution in [0.3, 0.4) is 0 Å². The van der Waals surface area contributed by atoms with Crippen molar-refractivity contribution in [2.75, 3.05) is 13.1 Å². The Morgan fingerprint density at radius 1 is 1.19 bits per heavy atom. The Morgan fingerprint density at radius 3 is 2.63 bits per heavy atom. The Balaban J connectivity index is 1.93. The molecule has 1 saturated heterocycles. The number of aromatic amines is 1. The van der Waals surface area contributed by atoms with E-state index in [1.807, 2.05) is 35.9 Å². The number of aryl methyl sites for hydroxylation is 1. The first kappa shape index (κ1) is 17.9. The molecular weight excluding hydrogens is 340 g/mol. The topological polar surface area (TPSA) is 79.7 Å². The second kappa shape index (κ2) is 6.56. The maximum Gasteiger partial charge on any atom is 0.253 e. The lowest BCUT2D eigenvalue weighted by Crippen LogP contribution is -2.36. The van der Waals surface area contributed by atoms with Gasteiger partial charge in [-0.05, 0) is 81.1 Å². The molecular formula is C20H26N6O. The molecule has 0 saturated carbocycles. The van der Waals surface area contributed by atoms with Crippen molar-refractivity contribution in [3.63, 3.8) is 0 Å². The average Bonchev–Trinajstić information content (AvgIpc) is 3.28. The summed E-state index contributed by atoms with van der Waals surface area (Å²) in [5, 5.41) is 13.5. The van der Waals surface area contributed by atoms with Crippen molar-refractivity contribution in [1.82, 2.24) is 30.1 Å². The Labute approximate surface area is 158 Å². The van der Waals surface area contributed by atoms with Gasteiger partial charge < -0.3 is 4.98 Å². The number of fused-ring (bicyclic) bond motifs is 1. The molecule has 0 spiro atoms. The zero-order valence-electron chi connectivity index (χ0n) is 16.4. The molecule has 1 aromatic carbocycles. The first-order valence-corrected chi connectivity index (χ1v) is 9.51. The van der Waals surface area contributed by atoms with Crippen molar-refractivity contribution in [2.24, 2.45) is 0 Å². The fraction of sp³-hybridized carbons (Fsp3) is 0.500.